The summed E-state index contributed by atoms with van der Waals surface area (Å²) < 4.78 is 0. The largest absolute Gasteiger partial charge is 0.369 e. The zero-order valence-electron chi connectivity index (χ0n) is 13.3. The van der Waals surface area contributed by atoms with E-state index >= 15 is 0 Å². The molecule has 0 spiro atoms. The van der Waals surface area contributed by atoms with Gasteiger partial charge in [0.25, 0.3) is 0 Å². The van der Waals surface area contributed by atoms with E-state index in [1.54, 1.807) is 6.33 Å². The highest BCUT2D eigenvalue weighted by Gasteiger charge is 2.28. The molecule has 5 heteroatoms. The Kier molecular flexibility index (Phi) is 4.48. The third kappa shape index (κ3) is 4.34. The van der Waals surface area contributed by atoms with Gasteiger partial charge in [0.05, 0.1) is 0 Å². The summed E-state index contributed by atoms with van der Waals surface area (Å²) in [6.45, 7) is 13.9. The molecule has 0 amide bonds. The summed E-state index contributed by atoms with van der Waals surface area (Å²) in [5.41, 5.74) is 0.244. The molecular weight excluding hydrogens is 250 g/mol. The lowest BCUT2D eigenvalue weighted by Crippen LogP contribution is -2.59. The van der Waals surface area contributed by atoms with Crippen LogP contribution in [0.2, 0.25) is 0 Å². The Bertz CT molecular complexity index is 432. The van der Waals surface area contributed by atoms with Crippen molar-refractivity contribution >= 4 is 11.6 Å². The smallest absolute Gasteiger partial charge is 0.134 e. The van der Waals surface area contributed by atoms with Crippen molar-refractivity contribution in [2.24, 2.45) is 5.41 Å². The number of anilines is 2. The Labute approximate surface area is 122 Å². The molecule has 5 nitrogen and oxygen atoms in total. The van der Waals surface area contributed by atoms with Crippen molar-refractivity contribution in [2.75, 3.05) is 29.9 Å². The van der Waals surface area contributed by atoms with Crippen LogP contribution in [0, 0.1) is 5.41 Å². The van der Waals surface area contributed by atoms with E-state index in [4.69, 9.17) is 0 Å². The molecule has 1 aromatic rings. The van der Waals surface area contributed by atoms with Crippen LogP contribution in [0.1, 0.15) is 34.6 Å². The topological polar surface area (TPSA) is 53.1 Å². The van der Waals surface area contributed by atoms with Crippen LogP contribution in [0.25, 0.3) is 0 Å². The monoisotopic (exact) mass is 277 g/mol. The van der Waals surface area contributed by atoms with Gasteiger partial charge in [0, 0.05) is 37.8 Å². The summed E-state index contributed by atoms with van der Waals surface area (Å²) in [4.78, 5) is 10.9. The minimum Gasteiger partial charge on any atom is -0.369 e. The first-order valence-corrected chi connectivity index (χ1v) is 7.40. The Morgan fingerprint density at radius 1 is 1.30 bits per heavy atom. The predicted molar refractivity (Wildman–Crippen MR) is 84.2 cm³/mol. The molecule has 1 aliphatic heterocycles. The molecule has 20 heavy (non-hydrogen) atoms. The normalized spacial score (nSPS) is 16.4. The van der Waals surface area contributed by atoms with Crippen LogP contribution < -0.4 is 15.5 Å². The van der Waals surface area contributed by atoms with E-state index in [-0.39, 0.29) is 5.41 Å². The van der Waals surface area contributed by atoms with E-state index in [2.05, 4.69) is 60.1 Å². The van der Waals surface area contributed by atoms with Crippen LogP contribution in [-0.2, 0) is 0 Å². The molecule has 1 aromatic heterocycles. The van der Waals surface area contributed by atoms with Crippen LogP contribution in [0.15, 0.2) is 12.4 Å². The van der Waals surface area contributed by atoms with Crippen LogP contribution in [0.4, 0.5) is 11.6 Å². The first-order chi connectivity index (χ1) is 9.33. The van der Waals surface area contributed by atoms with Crippen molar-refractivity contribution in [2.45, 2.75) is 46.7 Å². The molecular formula is C15H27N5. The Morgan fingerprint density at radius 3 is 2.60 bits per heavy atom. The average molecular weight is 277 g/mol. The van der Waals surface area contributed by atoms with Gasteiger partial charge in [0.2, 0.25) is 0 Å². The molecule has 1 fully saturated rings. The van der Waals surface area contributed by atoms with Gasteiger partial charge in [-0.3, -0.25) is 0 Å². The van der Waals surface area contributed by atoms with Crippen LogP contribution in [-0.4, -0.2) is 41.7 Å². The maximum absolute atomic E-state index is 4.37. The molecule has 0 atom stereocenters. The Morgan fingerprint density at radius 2 is 2.00 bits per heavy atom. The lowest BCUT2D eigenvalue weighted by atomic mass is 9.97. The third-order valence-corrected chi connectivity index (χ3v) is 3.23. The number of aromatic nitrogens is 2. The molecule has 112 valence electrons. The Hall–Kier alpha value is -1.36. The van der Waals surface area contributed by atoms with Gasteiger partial charge in [0.1, 0.15) is 18.0 Å². The summed E-state index contributed by atoms with van der Waals surface area (Å²) in [5.74, 6) is 1.92. The van der Waals surface area contributed by atoms with Gasteiger partial charge >= 0.3 is 0 Å². The molecule has 2 rings (SSSR count). The predicted octanol–water partition coefficient (Wildman–Crippen LogP) is 2.12. The van der Waals surface area contributed by atoms with Crippen LogP contribution in [0.3, 0.4) is 0 Å². The molecule has 1 saturated heterocycles. The highest BCUT2D eigenvalue weighted by Crippen LogP contribution is 2.21. The minimum atomic E-state index is 0.244. The van der Waals surface area contributed by atoms with Gasteiger partial charge in [-0.25, -0.2) is 9.97 Å². The van der Waals surface area contributed by atoms with Gasteiger partial charge in [0.15, 0.2) is 0 Å². The standard InChI is InChI=1S/C15H27N5/c1-11(2)19-12-7-20(8-12)14-6-13(17-10-18-14)16-9-15(3,4)5/h6,10-12,19H,7-9H2,1-5H3,(H,16,17,18). The summed E-state index contributed by atoms with van der Waals surface area (Å²) in [6, 6.07) is 3.16. The summed E-state index contributed by atoms with van der Waals surface area (Å²) >= 11 is 0. The molecule has 2 heterocycles. The zero-order valence-corrected chi connectivity index (χ0v) is 13.3. The van der Waals surface area contributed by atoms with Crippen molar-refractivity contribution in [1.29, 1.82) is 0 Å². The van der Waals surface area contributed by atoms with E-state index in [1.165, 1.54) is 0 Å². The highest BCUT2D eigenvalue weighted by atomic mass is 15.3. The lowest BCUT2D eigenvalue weighted by molar-refractivity contribution is 0.387. The second-order valence-electron chi connectivity index (χ2n) is 7.10. The van der Waals surface area contributed by atoms with Crippen molar-refractivity contribution in [3.8, 4) is 0 Å². The molecule has 1 aliphatic rings. The van der Waals surface area contributed by atoms with Crippen molar-refractivity contribution in [3.05, 3.63) is 12.4 Å². The van der Waals surface area contributed by atoms with E-state index in [0.29, 0.717) is 12.1 Å². The first kappa shape index (κ1) is 15.0. The van der Waals surface area contributed by atoms with Crippen molar-refractivity contribution in [1.82, 2.24) is 15.3 Å². The highest BCUT2D eigenvalue weighted by molar-refractivity contribution is 5.50. The second kappa shape index (κ2) is 5.95. The number of nitrogens with zero attached hydrogens (tertiary/aromatic N) is 3. The van der Waals surface area contributed by atoms with Crippen LogP contribution >= 0.6 is 0 Å². The molecule has 0 bridgehead atoms. The fourth-order valence-electron chi connectivity index (χ4n) is 2.21. The molecule has 0 radical (unpaired) electrons. The minimum absolute atomic E-state index is 0.244. The van der Waals surface area contributed by atoms with Crippen molar-refractivity contribution < 1.29 is 0 Å². The maximum atomic E-state index is 4.37. The van der Waals surface area contributed by atoms with Crippen LogP contribution in [0.5, 0.6) is 0 Å². The number of hydrogen-bond acceptors (Lipinski definition) is 5. The quantitative estimate of drug-likeness (QED) is 0.863. The Balaban J connectivity index is 1.88. The molecule has 2 N–H and O–H groups in total. The number of rotatable bonds is 5. The van der Waals surface area contributed by atoms with E-state index in [1.807, 2.05) is 6.07 Å². The average Bonchev–Trinajstić information content (AvgIpc) is 2.30. The first-order valence-electron chi connectivity index (χ1n) is 7.40. The van der Waals surface area contributed by atoms with E-state index in [9.17, 15) is 0 Å². The number of hydrogen-bond donors (Lipinski definition) is 2. The second-order valence-corrected chi connectivity index (χ2v) is 7.10. The molecule has 0 aromatic carbocycles. The SMILES string of the molecule is CC(C)NC1CN(c2cc(NCC(C)(C)C)ncn2)C1. The third-order valence-electron chi connectivity index (χ3n) is 3.23. The van der Waals surface area contributed by atoms with Gasteiger partial charge in [-0.1, -0.05) is 34.6 Å². The van der Waals surface area contributed by atoms with Gasteiger partial charge in [-0.2, -0.15) is 0 Å². The zero-order chi connectivity index (χ0) is 14.8. The summed E-state index contributed by atoms with van der Waals surface area (Å²) in [5, 5.41) is 6.92. The fourth-order valence-corrected chi connectivity index (χ4v) is 2.21. The number of nitrogens with one attached hydrogen (secondary N) is 2. The molecule has 0 aliphatic carbocycles. The summed E-state index contributed by atoms with van der Waals surface area (Å²) in [6.07, 6.45) is 1.64. The lowest BCUT2D eigenvalue weighted by Gasteiger charge is -2.41. The maximum Gasteiger partial charge on any atom is 0.134 e. The fraction of sp³-hybridized carbons (Fsp3) is 0.733. The van der Waals surface area contributed by atoms with Gasteiger partial charge in [-0.05, 0) is 5.41 Å². The summed E-state index contributed by atoms with van der Waals surface area (Å²) in [7, 11) is 0. The van der Waals surface area contributed by atoms with Gasteiger partial charge < -0.3 is 15.5 Å². The van der Waals surface area contributed by atoms with Gasteiger partial charge in [-0.15, -0.1) is 0 Å². The molecule has 0 unspecified atom stereocenters. The van der Waals surface area contributed by atoms with E-state index < -0.39 is 0 Å². The van der Waals surface area contributed by atoms with E-state index in [0.717, 1.165) is 31.3 Å². The molecule has 0 saturated carbocycles. The van der Waals surface area contributed by atoms with Crippen molar-refractivity contribution in [3.63, 3.8) is 0 Å².